The van der Waals surface area contributed by atoms with E-state index in [1.54, 1.807) is 24.3 Å². The molecule has 8 nitrogen and oxygen atoms in total. The molecule has 3 aromatic rings. The normalized spacial score (nSPS) is 10.5. The molecule has 0 aliphatic heterocycles. The largest absolute Gasteiger partial charge is 0.480 e. The number of carboxylic acids is 1. The highest BCUT2D eigenvalue weighted by Gasteiger charge is 2.14. The van der Waals surface area contributed by atoms with Gasteiger partial charge in [0.1, 0.15) is 6.54 Å². The summed E-state index contributed by atoms with van der Waals surface area (Å²) >= 11 is 0. The number of aromatic amines is 1. The molecule has 1 aromatic heterocycles. The topological polar surface area (TPSA) is 124 Å². The molecule has 0 atom stereocenters. The second-order valence-electron chi connectivity index (χ2n) is 5.62. The predicted molar refractivity (Wildman–Crippen MR) is 94.8 cm³/mol. The molecule has 0 saturated heterocycles. The van der Waals surface area contributed by atoms with Gasteiger partial charge in [0.05, 0.1) is 11.9 Å². The fourth-order valence-electron chi connectivity index (χ4n) is 2.45. The number of carbonyl (C=O) groups excluding carboxylic acids is 2. The number of nitrogens with one attached hydrogen (secondary N) is 3. The third-order valence-corrected chi connectivity index (χ3v) is 3.70. The Morgan fingerprint density at radius 2 is 1.77 bits per heavy atom. The van der Waals surface area contributed by atoms with Crippen LogP contribution in [0.25, 0.3) is 10.9 Å². The van der Waals surface area contributed by atoms with Crippen molar-refractivity contribution in [2.75, 3.05) is 11.9 Å². The van der Waals surface area contributed by atoms with Crippen molar-refractivity contribution in [2.24, 2.45) is 0 Å². The van der Waals surface area contributed by atoms with Crippen molar-refractivity contribution in [3.63, 3.8) is 0 Å². The predicted octanol–water partition coefficient (Wildman–Crippen LogP) is 1.56. The molecule has 0 aliphatic rings. The minimum absolute atomic E-state index is 0.0610. The lowest BCUT2D eigenvalue weighted by atomic mass is 10.1. The number of H-pyrrole nitrogens is 1. The lowest BCUT2D eigenvalue weighted by Gasteiger charge is -2.06. The van der Waals surface area contributed by atoms with Crippen molar-refractivity contribution in [3.05, 3.63) is 59.8 Å². The maximum absolute atomic E-state index is 12.4. The lowest BCUT2D eigenvalue weighted by Crippen LogP contribution is -2.30. The zero-order valence-corrected chi connectivity index (χ0v) is 13.7. The molecule has 132 valence electrons. The van der Waals surface area contributed by atoms with E-state index < -0.39 is 12.5 Å². The summed E-state index contributed by atoms with van der Waals surface area (Å²) in [6.07, 6.45) is 0.0610. The Morgan fingerprint density at radius 1 is 1.04 bits per heavy atom. The molecular formula is C18H16N4O4. The average molecular weight is 352 g/mol. The first-order valence-corrected chi connectivity index (χ1v) is 7.85. The van der Waals surface area contributed by atoms with Crippen LogP contribution in [-0.2, 0) is 16.0 Å². The number of benzene rings is 2. The zero-order chi connectivity index (χ0) is 18.5. The number of carbonyl (C=O) groups is 3. The number of nitrogens with zero attached hydrogens (tertiary/aromatic N) is 1. The van der Waals surface area contributed by atoms with Gasteiger partial charge >= 0.3 is 5.97 Å². The van der Waals surface area contributed by atoms with Crippen molar-refractivity contribution in [1.29, 1.82) is 0 Å². The molecule has 0 fully saturated rings. The fraction of sp³-hybridized carbons (Fsp3) is 0.111. The van der Waals surface area contributed by atoms with Crippen LogP contribution in [0.2, 0.25) is 0 Å². The Morgan fingerprint density at radius 3 is 2.50 bits per heavy atom. The monoisotopic (exact) mass is 352 g/mol. The first-order valence-electron chi connectivity index (χ1n) is 7.85. The maximum atomic E-state index is 12.4. The van der Waals surface area contributed by atoms with Crippen LogP contribution >= 0.6 is 0 Å². The number of aliphatic carboxylic acids is 1. The van der Waals surface area contributed by atoms with Crippen molar-refractivity contribution >= 4 is 34.4 Å². The molecule has 0 bridgehead atoms. The first-order chi connectivity index (χ1) is 12.5. The smallest absolute Gasteiger partial charge is 0.322 e. The molecule has 8 heteroatoms. The molecule has 1 heterocycles. The van der Waals surface area contributed by atoms with Crippen LogP contribution in [0.3, 0.4) is 0 Å². The SMILES string of the molecule is O=C(O)CNC(=O)Cc1ccc(NC(=O)c2n[nH]c3ccccc23)cc1. The Bertz CT molecular complexity index is 963. The number of rotatable bonds is 6. The van der Waals surface area contributed by atoms with E-state index in [0.717, 1.165) is 10.9 Å². The molecule has 0 saturated carbocycles. The molecule has 0 aliphatic carbocycles. The summed E-state index contributed by atoms with van der Waals surface area (Å²) in [5, 5.41) is 21.2. The van der Waals surface area contributed by atoms with Crippen LogP contribution in [0.1, 0.15) is 16.1 Å². The van der Waals surface area contributed by atoms with Gasteiger partial charge in [0.25, 0.3) is 5.91 Å². The van der Waals surface area contributed by atoms with E-state index in [9.17, 15) is 14.4 Å². The molecule has 2 amide bonds. The summed E-state index contributed by atoms with van der Waals surface area (Å²) in [6, 6.07) is 14.1. The van der Waals surface area contributed by atoms with Crippen LogP contribution in [-0.4, -0.2) is 39.6 Å². The Hall–Kier alpha value is -3.68. The van der Waals surface area contributed by atoms with Crippen LogP contribution in [0.15, 0.2) is 48.5 Å². The highest BCUT2D eigenvalue weighted by molar-refractivity contribution is 6.11. The molecule has 4 N–H and O–H groups in total. The van der Waals surface area contributed by atoms with Gasteiger partial charge in [-0.05, 0) is 23.8 Å². The second-order valence-corrected chi connectivity index (χ2v) is 5.62. The van der Waals surface area contributed by atoms with Gasteiger partial charge < -0.3 is 15.7 Å². The Balaban J connectivity index is 1.63. The minimum Gasteiger partial charge on any atom is -0.480 e. The zero-order valence-electron chi connectivity index (χ0n) is 13.7. The van der Waals surface area contributed by atoms with E-state index in [-0.39, 0.29) is 18.2 Å². The fourth-order valence-corrected chi connectivity index (χ4v) is 2.45. The average Bonchev–Trinajstić information content (AvgIpc) is 3.06. The van der Waals surface area contributed by atoms with E-state index in [2.05, 4.69) is 20.8 Å². The molecule has 0 spiro atoms. The second kappa shape index (κ2) is 7.47. The van der Waals surface area contributed by atoms with Crippen molar-refractivity contribution < 1.29 is 19.5 Å². The number of fused-ring (bicyclic) bond motifs is 1. The van der Waals surface area contributed by atoms with Gasteiger partial charge in [-0.1, -0.05) is 30.3 Å². The van der Waals surface area contributed by atoms with Crippen LogP contribution in [0, 0.1) is 0 Å². The van der Waals surface area contributed by atoms with E-state index in [1.165, 1.54) is 0 Å². The molecule has 3 rings (SSSR count). The highest BCUT2D eigenvalue weighted by atomic mass is 16.4. The Kier molecular flexibility index (Phi) is 4.93. The van der Waals surface area contributed by atoms with Crippen molar-refractivity contribution in [2.45, 2.75) is 6.42 Å². The van der Waals surface area contributed by atoms with Gasteiger partial charge in [0.2, 0.25) is 5.91 Å². The number of para-hydroxylation sites is 1. The molecule has 0 radical (unpaired) electrons. The number of carboxylic acid groups (broad SMARTS) is 1. The van der Waals surface area contributed by atoms with Crippen LogP contribution in [0.5, 0.6) is 0 Å². The van der Waals surface area contributed by atoms with Gasteiger partial charge in [-0.2, -0.15) is 5.10 Å². The van der Waals surface area contributed by atoms with E-state index in [0.29, 0.717) is 16.9 Å². The number of anilines is 1. The highest BCUT2D eigenvalue weighted by Crippen LogP contribution is 2.17. The summed E-state index contributed by atoms with van der Waals surface area (Å²) in [7, 11) is 0. The van der Waals surface area contributed by atoms with Crippen LogP contribution < -0.4 is 10.6 Å². The summed E-state index contributed by atoms with van der Waals surface area (Å²) in [6.45, 7) is -0.412. The van der Waals surface area contributed by atoms with Crippen molar-refractivity contribution in [1.82, 2.24) is 15.5 Å². The van der Waals surface area contributed by atoms with E-state index in [4.69, 9.17) is 5.11 Å². The summed E-state index contributed by atoms with van der Waals surface area (Å²) in [5.74, 6) is -1.82. The number of amides is 2. The molecule has 0 unspecified atom stereocenters. The molecule has 26 heavy (non-hydrogen) atoms. The van der Waals surface area contributed by atoms with E-state index >= 15 is 0 Å². The number of aromatic nitrogens is 2. The standard InChI is InChI=1S/C18H16N4O4/c23-15(19-10-16(24)25)9-11-5-7-12(8-6-11)20-18(26)17-13-3-1-2-4-14(13)21-22-17/h1-8H,9-10H2,(H,19,23)(H,20,26)(H,21,22)(H,24,25). The quantitative estimate of drug-likeness (QED) is 0.536. The van der Waals surface area contributed by atoms with E-state index in [1.807, 2.05) is 24.3 Å². The van der Waals surface area contributed by atoms with Gasteiger partial charge in [-0.3, -0.25) is 19.5 Å². The number of hydrogen-bond donors (Lipinski definition) is 4. The first kappa shape index (κ1) is 17.2. The van der Waals surface area contributed by atoms with Gasteiger partial charge in [-0.25, -0.2) is 0 Å². The minimum atomic E-state index is -1.10. The summed E-state index contributed by atoms with van der Waals surface area (Å²) in [5.41, 5.74) is 2.35. The Labute approximate surface area is 148 Å². The van der Waals surface area contributed by atoms with Crippen LogP contribution in [0.4, 0.5) is 5.69 Å². The lowest BCUT2D eigenvalue weighted by molar-refractivity contribution is -0.137. The van der Waals surface area contributed by atoms with Gasteiger partial charge in [-0.15, -0.1) is 0 Å². The van der Waals surface area contributed by atoms with Crippen molar-refractivity contribution in [3.8, 4) is 0 Å². The third kappa shape index (κ3) is 4.04. The third-order valence-electron chi connectivity index (χ3n) is 3.70. The number of hydrogen-bond acceptors (Lipinski definition) is 4. The molecular weight excluding hydrogens is 336 g/mol. The van der Waals surface area contributed by atoms with Gasteiger partial charge in [0, 0.05) is 11.1 Å². The molecule has 2 aromatic carbocycles. The summed E-state index contributed by atoms with van der Waals surface area (Å²) in [4.78, 5) is 34.4. The maximum Gasteiger partial charge on any atom is 0.322 e. The summed E-state index contributed by atoms with van der Waals surface area (Å²) < 4.78 is 0. The van der Waals surface area contributed by atoms with Gasteiger partial charge in [0.15, 0.2) is 5.69 Å².